The molecule has 0 rings (SSSR count). The Morgan fingerprint density at radius 2 is 0.225 bits per heavy atom. The van der Waals surface area contributed by atoms with E-state index in [2.05, 4.69) is 0 Å². The van der Waals surface area contributed by atoms with Crippen molar-refractivity contribution in [2.24, 2.45) is 34.4 Å². The molecule has 0 amide bonds. The topological polar surface area (TPSA) is 732 Å². The first-order chi connectivity index (χ1) is 26.5. The molecule has 418 valence electrons. The molecule has 0 heterocycles. The van der Waals surface area contributed by atoms with Crippen LogP contribution >= 0.6 is 0 Å². The van der Waals surface area contributed by atoms with E-state index in [1.165, 1.54) is 0 Å². The van der Waals surface area contributed by atoms with Crippen LogP contribution < -0.4 is 95.7 Å². The van der Waals surface area contributed by atoms with Gasteiger partial charge in [-0.15, -0.1) is 0 Å². The van der Waals surface area contributed by atoms with Gasteiger partial charge in [0.2, 0.25) is 0 Å². The fourth-order valence-electron chi connectivity index (χ4n) is 0. The van der Waals surface area contributed by atoms with E-state index in [-0.39, 0.29) is 203 Å². The van der Waals surface area contributed by atoms with E-state index in [9.17, 15) is 0 Å². The van der Waals surface area contributed by atoms with Crippen LogP contribution in [0.1, 0.15) is 83.1 Å². The van der Waals surface area contributed by atoms with E-state index in [0.29, 0.717) is 39.3 Å². The van der Waals surface area contributed by atoms with Gasteiger partial charge in [-0.2, -0.15) is 0 Å². The standard InChI is InChI=1S/3C2H8N2.12C2H4O2.4Fe.4Na.3H2O.4H/c3*3-1-2-4;12*1-2(3)4;;;;;;;;;;;;;;;/h3*1-4H2;12*1H3,(H,3,4);;;;;;;;;3*1H2;;;;/q;;;;;;;;;;;;;;;4*+3;;;;;;;;;;;/p-12. The van der Waals surface area contributed by atoms with Crippen molar-refractivity contribution in [2.75, 3.05) is 39.3 Å². The maximum absolute atomic E-state index is 8.89. The molecular weight excluding hydrogens is 1190 g/mol. The maximum atomic E-state index is 8.89. The SMILES string of the molecule is CC(=O)[O-].CC(=O)[O-].CC(=O)[O-].CC(=O)[O-].CC(=O)[O-].CC(=O)[O-].CC(=O)[O-].CC(=O)[O-].CC(=O)[O-].CC(=O)[O-].CC(=O)[O-].CC(=O)[O-].NCCN.NCCN.NCCN.O.O.O.[Fe+3].[Fe+3].[Fe+3].[Fe+3].[NaH].[NaH].[NaH].[NaH]. The van der Waals surface area contributed by atoms with Crippen molar-refractivity contribution < 1.29 is 204 Å². The zero-order valence-corrected chi connectivity index (χ0v) is 42.8. The van der Waals surface area contributed by atoms with Crippen LogP contribution in [0.2, 0.25) is 0 Å². The second-order valence-corrected chi connectivity index (χ2v) is 7.63. The summed E-state index contributed by atoms with van der Waals surface area (Å²) in [4.78, 5) is 107. The van der Waals surface area contributed by atoms with Gasteiger partial charge in [0.1, 0.15) is 0 Å². The third-order valence-electron chi connectivity index (χ3n) is 0.500. The van der Waals surface area contributed by atoms with Crippen LogP contribution in [0.4, 0.5) is 0 Å². The van der Waals surface area contributed by atoms with Crippen LogP contribution in [0, 0.1) is 0 Å². The Hall–Kier alpha value is -0.642. The van der Waals surface area contributed by atoms with E-state index < -0.39 is 71.6 Å². The predicted molar refractivity (Wildman–Crippen MR) is 222 cm³/mol. The van der Waals surface area contributed by atoms with Gasteiger partial charge in [0.25, 0.3) is 0 Å². The van der Waals surface area contributed by atoms with Crippen molar-refractivity contribution in [3.63, 3.8) is 0 Å². The molecule has 0 atom stereocenters. The van der Waals surface area contributed by atoms with Crippen LogP contribution in [-0.4, -0.2) is 246 Å². The Kier molecular flexibility index (Phi) is 459. The summed E-state index contributed by atoms with van der Waals surface area (Å²) in [7, 11) is 0. The summed E-state index contributed by atoms with van der Waals surface area (Å²) in [6.45, 7) is 15.2. The summed E-state index contributed by atoms with van der Waals surface area (Å²) in [5.74, 6) is -13.0. The minimum atomic E-state index is -1.08. The number of hydrogen-bond acceptors (Lipinski definition) is 30. The van der Waals surface area contributed by atoms with Gasteiger partial charge < -0.3 is 170 Å². The average molecular weight is 1260 g/mol. The summed E-state index contributed by atoms with van der Waals surface area (Å²) in [5, 5.41) is 107. The number of carbonyl (C=O) groups excluding carboxylic acids is 12. The van der Waals surface area contributed by atoms with Crippen molar-refractivity contribution >= 4 is 190 Å². The summed E-state index contributed by atoms with van der Waals surface area (Å²) in [6, 6.07) is 0. The van der Waals surface area contributed by atoms with Crippen molar-refractivity contribution in [1.29, 1.82) is 0 Å². The van der Waals surface area contributed by atoms with Gasteiger partial charge in [-0.3, -0.25) is 0 Å². The second-order valence-electron chi connectivity index (χ2n) is 7.63. The van der Waals surface area contributed by atoms with Gasteiger partial charge in [0.05, 0.1) is 0 Å². The average Bonchev–Trinajstić information content (AvgIpc) is 2.94. The molecule has 0 aromatic rings. The molecule has 0 aromatic heterocycles. The van der Waals surface area contributed by atoms with Crippen LogP contribution in [-0.2, 0) is 126 Å². The Balaban J connectivity index is -0.0000000126. The van der Waals surface area contributed by atoms with Gasteiger partial charge in [0.15, 0.2) is 0 Å². The quantitative estimate of drug-likeness (QED) is 0.143. The van der Waals surface area contributed by atoms with Gasteiger partial charge >= 0.3 is 187 Å². The van der Waals surface area contributed by atoms with Gasteiger partial charge in [-0.25, -0.2) is 0 Å². The van der Waals surface area contributed by atoms with Gasteiger partial charge in [-0.1, -0.05) is 0 Å². The molecule has 71 heavy (non-hydrogen) atoms. The van der Waals surface area contributed by atoms with E-state index in [1.807, 2.05) is 0 Å². The number of hydrogen-bond donors (Lipinski definition) is 6. The first kappa shape index (κ1) is 172. The first-order valence-electron chi connectivity index (χ1n) is 14.8. The molecule has 0 bridgehead atoms. The van der Waals surface area contributed by atoms with E-state index in [0.717, 1.165) is 83.1 Å². The molecule has 0 aliphatic heterocycles. The normalized spacial score (nSPS) is 5.49. The van der Waals surface area contributed by atoms with Crippen LogP contribution in [0.25, 0.3) is 0 Å². The van der Waals surface area contributed by atoms with Crippen molar-refractivity contribution in [1.82, 2.24) is 0 Å². The van der Waals surface area contributed by atoms with E-state index in [1.54, 1.807) is 0 Å². The summed E-state index contributed by atoms with van der Waals surface area (Å²) in [5.41, 5.74) is 29.4. The molecule has 0 aliphatic rings. The monoisotopic (exact) mass is 1260 g/mol. The molecule has 18 N–H and O–H groups in total. The molecule has 41 heteroatoms. The number of aliphatic carboxylic acids is 12. The molecule has 0 saturated carbocycles. The Labute approximate surface area is 543 Å². The van der Waals surface area contributed by atoms with Gasteiger partial charge in [-0.05, 0) is 83.1 Å². The molecule has 0 spiro atoms. The summed E-state index contributed by atoms with van der Waals surface area (Å²) in [6.07, 6.45) is 0. The molecule has 0 unspecified atom stereocenters. The van der Waals surface area contributed by atoms with Crippen molar-refractivity contribution in [3.8, 4) is 0 Å². The predicted octanol–water partition coefficient (Wildman–Crippen LogP) is -23.3. The molecular formula is C30H70Fe4N6Na4O27. The minimum absolute atomic E-state index is 0. The Morgan fingerprint density at radius 3 is 0.225 bits per heavy atom. The Morgan fingerprint density at radius 1 is 0.211 bits per heavy atom. The van der Waals surface area contributed by atoms with Gasteiger partial charge in [0, 0.05) is 111 Å². The number of carboxylic acid groups (broad SMARTS) is 12. The van der Waals surface area contributed by atoms with Crippen LogP contribution in [0.3, 0.4) is 0 Å². The molecule has 4 radical (unpaired) electrons. The van der Waals surface area contributed by atoms with Crippen LogP contribution in [0.15, 0.2) is 0 Å². The van der Waals surface area contributed by atoms with E-state index in [4.69, 9.17) is 153 Å². The number of carboxylic acids is 12. The first-order valence-corrected chi connectivity index (χ1v) is 14.8. The second kappa shape index (κ2) is 189. The summed E-state index contributed by atoms with van der Waals surface area (Å²) >= 11 is 0. The zero-order valence-electron chi connectivity index (χ0n) is 38.4. The van der Waals surface area contributed by atoms with Crippen molar-refractivity contribution in [2.45, 2.75) is 83.1 Å². The molecule has 0 aromatic carbocycles. The van der Waals surface area contributed by atoms with E-state index >= 15 is 0 Å². The number of nitrogens with two attached hydrogens (primary N) is 6. The number of rotatable bonds is 3. The third kappa shape index (κ3) is 56600. The molecule has 0 aliphatic carbocycles. The molecule has 0 fully saturated rings. The zero-order chi connectivity index (χ0) is 53.2. The fourth-order valence-corrected chi connectivity index (χ4v) is 0. The Bertz CT molecular complexity index is 740. The molecule has 0 saturated heterocycles. The van der Waals surface area contributed by atoms with Crippen molar-refractivity contribution in [3.05, 3.63) is 0 Å². The third-order valence-corrected chi connectivity index (χ3v) is 0.500. The number of carbonyl (C=O) groups is 12. The summed E-state index contributed by atoms with van der Waals surface area (Å²) < 4.78 is 0. The van der Waals surface area contributed by atoms with Crippen LogP contribution in [0.5, 0.6) is 0 Å². The fraction of sp³-hybridized carbons (Fsp3) is 0.600. The molecule has 33 nitrogen and oxygen atoms in total.